The van der Waals surface area contributed by atoms with E-state index in [0.717, 1.165) is 12.8 Å². The zero-order valence-corrected chi connectivity index (χ0v) is 8.85. The van der Waals surface area contributed by atoms with Gasteiger partial charge in [0.2, 0.25) is 5.91 Å². The van der Waals surface area contributed by atoms with Gasteiger partial charge in [0.05, 0.1) is 11.1 Å². The summed E-state index contributed by atoms with van der Waals surface area (Å²) in [6.45, 7) is 7.10. The molecule has 1 fully saturated rings. The molecule has 0 aromatic rings. The van der Waals surface area contributed by atoms with Gasteiger partial charge in [-0.25, -0.2) is 0 Å². The van der Waals surface area contributed by atoms with Crippen molar-refractivity contribution in [2.45, 2.75) is 51.7 Å². The second kappa shape index (κ2) is 2.98. The van der Waals surface area contributed by atoms with Crippen LogP contribution >= 0.6 is 0 Å². The Hall–Kier alpha value is -0.570. The van der Waals surface area contributed by atoms with Crippen LogP contribution in [0, 0.1) is 5.92 Å². The Morgan fingerprint density at radius 3 is 2.08 bits per heavy atom. The summed E-state index contributed by atoms with van der Waals surface area (Å²) in [4.78, 5) is 11.4. The number of hydrogen-bond acceptors (Lipinski definition) is 2. The van der Waals surface area contributed by atoms with E-state index in [1.807, 2.05) is 13.8 Å². The zero-order chi connectivity index (χ0) is 10.3. The van der Waals surface area contributed by atoms with Crippen LogP contribution in [-0.4, -0.2) is 22.2 Å². The van der Waals surface area contributed by atoms with Crippen LogP contribution in [0.5, 0.6) is 0 Å². The highest BCUT2D eigenvalue weighted by Gasteiger charge is 2.39. The van der Waals surface area contributed by atoms with Crippen LogP contribution in [0.25, 0.3) is 0 Å². The lowest BCUT2D eigenvalue weighted by atomic mass is 9.86. The van der Waals surface area contributed by atoms with Gasteiger partial charge < -0.3 is 10.4 Å². The summed E-state index contributed by atoms with van der Waals surface area (Å²) in [6, 6.07) is 0. The van der Waals surface area contributed by atoms with Crippen molar-refractivity contribution in [3.05, 3.63) is 0 Å². The van der Waals surface area contributed by atoms with Crippen LogP contribution in [0.3, 0.4) is 0 Å². The van der Waals surface area contributed by atoms with Gasteiger partial charge in [0, 0.05) is 5.92 Å². The molecule has 1 aliphatic rings. The van der Waals surface area contributed by atoms with Crippen LogP contribution in [0.4, 0.5) is 0 Å². The minimum Gasteiger partial charge on any atom is -0.388 e. The lowest BCUT2D eigenvalue weighted by molar-refractivity contribution is -0.127. The molecule has 0 bridgehead atoms. The molecule has 0 radical (unpaired) electrons. The summed E-state index contributed by atoms with van der Waals surface area (Å²) in [5.41, 5.74) is -1.45. The molecule has 1 saturated carbocycles. The first-order chi connectivity index (χ1) is 5.74. The maximum absolute atomic E-state index is 11.4. The van der Waals surface area contributed by atoms with Crippen molar-refractivity contribution >= 4 is 5.91 Å². The fraction of sp³-hybridized carbons (Fsp3) is 0.900. The molecule has 13 heavy (non-hydrogen) atoms. The normalized spacial score (nSPS) is 18.5. The first-order valence-corrected chi connectivity index (χ1v) is 4.78. The molecule has 0 heterocycles. The Labute approximate surface area is 79.5 Å². The third kappa shape index (κ3) is 2.44. The molecule has 3 heteroatoms. The average molecular weight is 185 g/mol. The molecular formula is C10H19NO2. The van der Waals surface area contributed by atoms with Gasteiger partial charge in [0.25, 0.3) is 0 Å². The van der Waals surface area contributed by atoms with Crippen molar-refractivity contribution in [1.29, 1.82) is 0 Å². The summed E-state index contributed by atoms with van der Waals surface area (Å²) in [5, 5.41) is 12.7. The molecule has 0 unspecified atom stereocenters. The predicted octanol–water partition coefficient (Wildman–Crippen LogP) is 1.06. The number of nitrogens with one attached hydrogen (secondary N) is 1. The number of amides is 1. The highest BCUT2D eigenvalue weighted by molar-refractivity contribution is 5.81. The monoisotopic (exact) mass is 185 g/mol. The molecular weight excluding hydrogens is 166 g/mol. The minimum atomic E-state index is -0.891. The van der Waals surface area contributed by atoms with Gasteiger partial charge >= 0.3 is 0 Å². The highest BCUT2D eigenvalue weighted by atomic mass is 16.3. The maximum Gasteiger partial charge on any atom is 0.223 e. The van der Waals surface area contributed by atoms with E-state index in [1.165, 1.54) is 0 Å². The van der Waals surface area contributed by atoms with Crippen molar-refractivity contribution < 1.29 is 9.90 Å². The predicted molar refractivity (Wildman–Crippen MR) is 51.2 cm³/mol. The third-order valence-corrected chi connectivity index (χ3v) is 2.91. The summed E-state index contributed by atoms with van der Waals surface area (Å²) < 4.78 is 0. The van der Waals surface area contributed by atoms with Crippen LogP contribution in [0.1, 0.15) is 40.5 Å². The van der Waals surface area contributed by atoms with Crippen molar-refractivity contribution in [3.63, 3.8) is 0 Å². The largest absolute Gasteiger partial charge is 0.388 e. The smallest absolute Gasteiger partial charge is 0.223 e. The average Bonchev–Trinajstić information content (AvgIpc) is 2.62. The third-order valence-electron chi connectivity index (χ3n) is 2.91. The lowest BCUT2D eigenvalue weighted by Crippen LogP contribution is -2.58. The number of hydrogen-bond donors (Lipinski definition) is 2. The Bertz CT molecular complexity index is 211. The molecule has 0 atom stereocenters. The van der Waals surface area contributed by atoms with E-state index in [4.69, 9.17) is 0 Å². The molecule has 0 saturated heterocycles. The number of rotatable bonds is 3. The van der Waals surface area contributed by atoms with Crippen molar-refractivity contribution in [1.82, 2.24) is 5.32 Å². The summed E-state index contributed by atoms with van der Waals surface area (Å²) in [7, 11) is 0. The second-order valence-electron chi connectivity index (χ2n) is 4.95. The molecule has 0 aliphatic heterocycles. The molecule has 0 aromatic carbocycles. The molecule has 0 spiro atoms. The molecule has 1 amide bonds. The number of carbonyl (C=O) groups is 1. The van der Waals surface area contributed by atoms with Crippen molar-refractivity contribution in [3.8, 4) is 0 Å². The van der Waals surface area contributed by atoms with E-state index >= 15 is 0 Å². The fourth-order valence-corrected chi connectivity index (χ4v) is 0.909. The fourth-order valence-electron chi connectivity index (χ4n) is 0.909. The SMILES string of the molecule is CC(C)(O)C(C)(C)NC(=O)C1CC1. The maximum atomic E-state index is 11.4. The van der Waals surface area contributed by atoms with E-state index in [2.05, 4.69) is 5.32 Å². The van der Waals surface area contributed by atoms with Crippen molar-refractivity contribution in [2.75, 3.05) is 0 Å². The minimum absolute atomic E-state index is 0.0760. The van der Waals surface area contributed by atoms with Gasteiger partial charge in [0.1, 0.15) is 0 Å². The molecule has 1 rings (SSSR count). The Morgan fingerprint density at radius 2 is 1.77 bits per heavy atom. The highest BCUT2D eigenvalue weighted by Crippen LogP contribution is 2.30. The van der Waals surface area contributed by atoms with E-state index in [-0.39, 0.29) is 11.8 Å². The Kier molecular flexibility index (Phi) is 2.41. The number of carbonyl (C=O) groups excluding carboxylic acids is 1. The topological polar surface area (TPSA) is 49.3 Å². The van der Waals surface area contributed by atoms with E-state index < -0.39 is 11.1 Å². The van der Waals surface area contributed by atoms with Crippen molar-refractivity contribution in [2.24, 2.45) is 5.92 Å². The first kappa shape index (κ1) is 10.5. The van der Waals surface area contributed by atoms with Gasteiger partial charge in [-0.1, -0.05) is 0 Å². The van der Waals surface area contributed by atoms with E-state index in [0.29, 0.717) is 0 Å². The summed E-state index contributed by atoms with van der Waals surface area (Å²) in [6.07, 6.45) is 1.99. The molecule has 3 nitrogen and oxygen atoms in total. The van der Waals surface area contributed by atoms with Gasteiger partial charge in [-0.3, -0.25) is 4.79 Å². The summed E-state index contributed by atoms with van der Waals surface area (Å²) >= 11 is 0. The van der Waals surface area contributed by atoms with E-state index in [1.54, 1.807) is 13.8 Å². The molecule has 76 valence electrons. The Balaban J connectivity index is 2.55. The van der Waals surface area contributed by atoms with Crippen LogP contribution < -0.4 is 5.32 Å². The molecule has 2 N–H and O–H groups in total. The van der Waals surface area contributed by atoms with Gasteiger partial charge in [-0.05, 0) is 40.5 Å². The number of aliphatic hydroxyl groups is 1. The lowest BCUT2D eigenvalue weighted by Gasteiger charge is -2.38. The van der Waals surface area contributed by atoms with Gasteiger partial charge in [-0.2, -0.15) is 0 Å². The molecule has 1 aliphatic carbocycles. The standard InChI is InChI=1S/C10H19NO2/c1-9(2,10(3,4)13)11-8(12)7-5-6-7/h7,13H,5-6H2,1-4H3,(H,11,12). The van der Waals surface area contributed by atoms with Crippen LogP contribution in [-0.2, 0) is 4.79 Å². The summed E-state index contributed by atoms with van der Waals surface area (Å²) in [5.74, 6) is 0.272. The van der Waals surface area contributed by atoms with Crippen LogP contribution in [0.15, 0.2) is 0 Å². The first-order valence-electron chi connectivity index (χ1n) is 4.78. The zero-order valence-electron chi connectivity index (χ0n) is 8.85. The van der Waals surface area contributed by atoms with Crippen LogP contribution in [0.2, 0.25) is 0 Å². The molecule has 0 aromatic heterocycles. The van der Waals surface area contributed by atoms with E-state index in [9.17, 15) is 9.90 Å². The second-order valence-corrected chi connectivity index (χ2v) is 4.95. The van der Waals surface area contributed by atoms with Gasteiger partial charge in [-0.15, -0.1) is 0 Å². The van der Waals surface area contributed by atoms with Gasteiger partial charge in [0.15, 0.2) is 0 Å². The Morgan fingerprint density at radius 1 is 1.31 bits per heavy atom. The quantitative estimate of drug-likeness (QED) is 0.690.